The van der Waals surface area contributed by atoms with Crippen LogP contribution in [0.15, 0.2) is 0 Å². The summed E-state index contributed by atoms with van der Waals surface area (Å²) < 4.78 is 25.2. The number of carbonyl (C=O) groups excluding carboxylic acids is 4. The number of esters is 1. The molecule has 19 heteroatoms. The van der Waals surface area contributed by atoms with Crippen LogP contribution in [0.1, 0.15) is 45.4 Å². The Bertz CT molecular complexity index is 894. The largest absolute Gasteiger partial charge is 0.480 e. The van der Waals surface area contributed by atoms with Crippen LogP contribution in [-0.2, 0) is 42.9 Å². The maximum atomic E-state index is 13.0. The zero-order chi connectivity index (χ0) is 35.3. The molecule has 0 spiro atoms. The summed E-state index contributed by atoms with van der Waals surface area (Å²) in [5.74, 6) is -2.65. The van der Waals surface area contributed by atoms with E-state index in [1.165, 1.54) is 0 Å². The van der Waals surface area contributed by atoms with Crippen molar-refractivity contribution in [1.29, 1.82) is 0 Å². The van der Waals surface area contributed by atoms with Crippen molar-refractivity contribution < 1.29 is 52.8 Å². The summed E-state index contributed by atoms with van der Waals surface area (Å²) in [7, 11) is 3.81. The third-order valence-electron chi connectivity index (χ3n) is 6.18. The molecule has 0 fully saturated rings. The molecule has 0 saturated heterocycles. The van der Waals surface area contributed by atoms with Crippen molar-refractivity contribution in [2.45, 2.75) is 69.6 Å². The van der Waals surface area contributed by atoms with Gasteiger partial charge in [0.1, 0.15) is 24.7 Å². The van der Waals surface area contributed by atoms with Gasteiger partial charge < -0.3 is 61.9 Å². The van der Waals surface area contributed by atoms with Crippen molar-refractivity contribution >= 4 is 51.4 Å². The number of carboxylic acid groups (broad SMARTS) is 1. The second kappa shape index (κ2) is 29.7. The van der Waals surface area contributed by atoms with E-state index in [9.17, 15) is 29.1 Å². The topological polar surface area (TPSA) is 266 Å². The van der Waals surface area contributed by atoms with E-state index in [1.54, 1.807) is 14.0 Å². The van der Waals surface area contributed by atoms with Gasteiger partial charge in [-0.15, -0.1) is 0 Å². The molecule has 17 nitrogen and oxygen atoms in total. The summed E-state index contributed by atoms with van der Waals surface area (Å²) in [6, 6.07) is -3.80. The standard InChI is InChI=1S/C28H54N6O11S2/c1-3-44-27(39)21(31)9-5-7-11-32-25(36)22(33-24(35)20(30)8-4-6-10-29)18-46-47-19-23(26(37)38)34-28(40)45-17-16-43-15-14-42-13-12-41-2/h20-23H,3-19,29-31H2,1-2H3,(H,32,36)(H,33,35)(H,34,40)(H,37,38)/t20-,21+,22+,23+/m1/s1. The highest BCUT2D eigenvalue weighted by atomic mass is 33.1. The summed E-state index contributed by atoms with van der Waals surface area (Å²) in [5, 5.41) is 17.3. The number of nitrogens with two attached hydrogens (primary N) is 3. The lowest BCUT2D eigenvalue weighted by Crippen LogP contribution is -2.52. The summed E-state index contributed by atoms with van der Waals surface area (Å²) in [6.45, 7) is 4.28. The second-order valence-corrected chi connectivity index (χ2v) is 12.6. The molecule has 0 aliphatic carbocycles. The van der Waals surface area contributed by atoms with Crippen molar-refractivity contribution in [3.05, 3.63) is 0 Å². The van der Waals surface area contributed by atoms with Gasteiger partial charge in [0.25, 0.3) is 0 Å². The zero-order valence-electron chi connectivity index (χ0n) is 27.4. The molecule has 0 aliphatic rings. The van der Waals surface area contributed by atoms with E-state index in [4.69, 9.17) is 40.9 Å². The molecular weight excluding hydrogens is 660 g/mol. The fourth-order valence-electron chi connectivity index (χ4n) is 3.54. The van der Waals surface area contributed by atoms with Crippen LogP contribution in [0, 0.1) is 0 Å². The van der Waals surface area contributed by atoms with E-state index in [-0.39, 0.29) is 37.9 Å². The first-order chi connectivity index (χ1) is 22.6. The molecule has 47 heavy (non-hydrogen) atoms. The average Bonchev–Trinajstić information content (AvgIpc) is 3.04. The van der Waals surface area contributed by atoms with Crippen LogP contribution in [0.3, 0.4) is 0 Å². The van der Waals surface area contributed by atoms with E-state index in [0.717, 1.165) is 21.6 Å². The summed E-state index contributed by atoms with van der Waals surface area (Å²) in [5.41, 5.74) is 17.3. The van der Waals surface area contributed by atoms with Gasteiger partial charge in [0.2, 0.25) is 11.8 Å². The maximum absolute atomic E-state index is 13.0. The van der Waals surface area contributed by atoms with Gasteiger partial charge in [0.15, 0.2) is 0 Å². The molecule has 0 saturated carbocycles. The normalized spacial score (nSPS) is 13.6. The smallest absolute Gasteiger partial charge is 0.407 e. The number of alkyl carbamates (subject to hydrolysis) is 1. The molecule has 4 atom stereocenters. The predicted octanol–water partition coefficient (Wildman–Crippen LogP) is -0.655. The first-order valence-corrected chi connectivity index (χ1v) is 18.1. The quantitative estimate of drug-likeness (QED) is 0.0277. The van der Waals surface area contributed by atoms with Gasteiger partial charge >= 0.3 is 18.0 Å². The Labute approximate surface area is 284 Å². The van der Waals surface area contributed by atoms with Gasteiger partial charge in [0.05, 0.1) is 45.7 Å². The first-order valence-electron chi connectivity index (χ1n) is 15.6. The van der Waals surface area contributed by atoms with Gasteiger partial charge in [-0.3, -0.25) is 14.4 Å². The molecule has 0 rings (SSSR count). The number of methoxy groups -OCH3 is 1. The average molecular weight is 715 g/mol. The van der Waals surface area contributed by atoms with Crippen molar-refractivity contribution in [2.75, 3.05) is 78.0 Å². The molecule has 10 N–H and O–H groups in total. The van der Waals surface area contributed by atoms with E-state index in [1.807, 2.05) is 0 Å². The van der Waals surface area contributed by atoms with Crippen molar-refractivity contribution in [3.63, 3.8) is 0 Å². The molecular formula is C28H54N6O11S2. The second-order valence-electron chi connectivity index (χ2n) is 10.1. The number of carbonyl (C=O) groups is 5. The summed E-state index contributed by atoms with van der Waals surface area (Å²) >= 11 is 0. The van der Waals surface area contributed by atoms with Gasteiger partial charge in [-0.05, 0) is 45.6 Å². The van der Waals surface area contributed by atoms with Crippen molar-refractivity contribution in [2.24, 2.45) is 17.2 Å². The molecule has 0 aromatic carbocycles. The first kappa shape index (κ1) is 44.6. The molecule has 0 aliphatic heterocycles. The Kier molecular flexibility index (Phi) is 28.2. The van der Waals surface area contributed by atoms with Crippen LogP contribution in [0.4, 0.5) is 4.79 Å². The van der Waals surface area contributed by atoms with E-state index in [2.05, 4.69) is 16.0 Å². The lowest BCUT2D eigenvalue weighted by molar-refractivity contribution is -0.145. The number of unbranched alkanes of at least 4 members (excludes halogenated alkanes) is 2. The highest BCUT2D eigenvalue weighted by molar-refractivity contribution is 8.76. The fraction of sp³-hybridized carbons (Fsp3) is 0.821. The van der Waals surface area contributed by atoms with Gasteiger partial charge in [0, 0.05) is 25.2 Å². The number of aliphatic carboxylic acids is 1. The van der Waals surface area contributed by atoms with Crippen LogP contribution in [0.5, 0.6) is 0 Å². The van der Waals surface area contributed by atoms with Crippen LogP contribution in [-0.4, -0.2) is 137 Å². The molecule has 0 bridgehead atoms. The number of ether oxygens (including phenoxy) is 5. The highest BCUT2D eigenvalue weighted by Crippen LogP contribution is 2.23. The molecule has 0 radical (unpaired) electrons. The van der Waals surface area contributed by atoms with E-state index in [0.29, 0.717) is 71.5 Å². The lowest BCUT2D eigenvalue weighted by Gasteiger charge is -2.21. The Morgan fingerprint density at radius 1 is 0.745 bits per heavy atom. The van der Waals surface area contributed by atoms with Crippen LogP contribution in [0.25, 0.3) is 0 Å². The number of hydrogen-bond donors (Lipinski definition) is 7. The van der Waals surface area contributed by atoms with Crippen LogP contribution >= 0.6 is 21.6 Å². The highest BCUT2D eigenvalue weighted by Gasteiger charge is 2.25. The minimum Gasteiger partial charge on any atom is -0.480 e. The third kappa shape index (κ3) is 24.4. The molecule has 0 heterocycles. The Morgan fingerprint density at radius 2 is 1.34 bits per heavy atom. The molecule has 0 unspecified atom stereocenters. The number of nitrogens with one attached hydrogen (secondary N) is 3. The molecule has 0 aromatic rings. The van der Waals surface area contributed by atoms with Crippen LogP contribution in [0.2, 0.25) is 0 Å². The predicted molar refractivity (Wildman–Crippen MR) is 179 cm³/mol. The Morgan fingerprint density at radius 3 is 1.96 bits per heavy atom. The Hall–Kier alpha value is -2.39. The maximum Gasteiger partial charge on any atom is 0.407 e. The monoisotopic (exact) mass is 714 g/mol. The number of carboxylic acids is 1. The van der Waals surface area contributed by atoms with Gasteiger partial charge in [-0.25, -0.2) is 9.59 Å². The number of amides is 3. The summed E-state index contributed by atoms with van der Waals surface area (Å²) in [6.07, 6.45) is 2.35. The van der Waals surface area contributed by atoms with E-state index >= 15 is 0 Å². The zero-order valence-corrected chi connectivity index (χ0v) is 29.0. The Balaban J connectivity index is 4.77. The fourth-order valence-corrected chi connectivity index (χ4v) is 5.86. The van der Waals surface area contributed by atoms with Crippen molar-refractivity contribution in [1.82, 2.24) is 16.0 Å². The van der Waals surface area contributed by atoms with Gasteiger partial charge in [-0.2, -0.15) is 0 Å². The third-order valence-corrected chi connectivity index (χ3v) is 8.60. The minimum absolute atomic E-state index is 0.0496. The molecule has 274 valence electrons. The summed E-state index contributed by atoms with van der Waals surface area (Å²) in [4.78, 5) is 61.1. The van der Waals surface area contributed by atoms with Crippen LogP contribution < -0.4 is 33.2 Å². The molecule has 0 aromatic heterocycles. The van der Waals surface area contributed by atoms with Crippen molar-refractivity contribution in [3.8, 4) is 0 Å². The SMILES string of the molecule is CCOC(=O)[C@@H](N)CCCCNC(=O)[C@H](CSSC[C@H](NC(=O)OCCOCCOCCOC)C(=O)O)NC(=O)[C@H](N)CCCCN. The van der Waals surface area contributed by atoms with Gasteiger partial charge in [-0.1, -0.05) is 28.0 Å². The number of rotatable bonds is 30. The number of hydrogen-bond acceptors (Lipinski definition) is 15. The molecule has 3 amide bonds. The van der Waals surface area contributed by atoms with E-state index < -0.39 is 54.0 Å². The minimum atomic E-state index is -1.27. The lowest BCUT2D eigenvalue weighted by atomic mass is 10.1.